The van der Waals surface area contributed by atoms with Crippen LogP contribution in [0.3, 0.4) is 0 Å². The van der Waals surface area contributed by atoms with Crippen molar-refractivity contribution < 1.29 is 22.1 Å². The number of rotatable bonds is 6. The average Bonchev–Trinajstić information content (AvgIpc) is 2.37. The normalized spacial score (nSPS) is 12.7. The number of hydrogen-bond donors (Lipinski definition) is 1. The van der Waals surface area contributed by atoms with Gasteiger partial charge in [0.2, 0.25) is 15.8 Å². The van der Waals surface area contributed by atoms with Crippen LogP contribution in [0, 0.1) is 34.1 Å². The van der Waals surface area contributed by atoms with Crippen LogP contribution in [0.2, 0.25) is 0 Å². The minimum atomic E-state index is -4.44. The van der Waals surface area contributed by atoms with Gasteiger partial charge < -0.3 is 0 Å². The monoisotopic (exact) mass is 318 g/mol. The van der Waals surface area contributed by atoms with Crippen LogP contribution >= 0.6 is 0 Å². The number of nitro benzene ring substituents is 1. The topological polar surface area (TPSA) is 89.3 Å². The van der Waals surface area contributed by atoms with Crippen LogP contribution in [0.25, 0.3) is 0 Å². The second-order valence-corrected chi connectivity index (χ2v) is 5.80. The minimum absolute atomic E-state index is 0.150. The van der Waals surface area contributed by atoms with Crippen molar-refractivity contribution in [3.8, 4) is 12.3 Å². The highest BCUT2D eigenvalue weighted by molar-refractivity contribution is 7.89. The third-order valence-electron chi connectivity index (χ3n) is 2.56. The van der Waals surface area contributed by atoms with Gasteiger partial charge in [0.15, 0.2) is 0 Å². The number of nitrogens with one attached hydrogen (secondary N) is 1. The van der Waals surface area contributed by atoms with Crippen LogP contribution in [0.4, 0.5) is 14.5 Å². The Hall–Kier alpha value is -2.05. The van der Waals surface area contributed by atoms with Crippen LogP contribution < -0.4 is 4.72 Å². The number of benzene rings is 1. The largest absolute Gasteiger partial charge is 0.306 e. The Morgan fingerprint density at radius 2 is 2.05 bits per heavy atom. The Bertz CT molecular complexity index is 698. The van der Waals surface area contributed by atoms with Gasteiger partial charge in [-0.25, -0.2) is 12.8 Å². The summed E-state index contributed by atoms with van der Waals surface area (Å²) in [5.41, 5.74) is -1.13. The molecule has 0 fully saturated rings. The van der Waals surface area contributed by atoms with Gasteiger partial charge in [0.1, 0.15) is 10.7 Å². The van der Waals surface area contributed by atoms with E-state index in [2.05, 4.69) is 5.92 Å². The van der Waals surface area contributed by atoms with E-state index in [0.717, 1.165) is 0 Å². The quantitative estimate of drug-likeness (QED) is 0.493. The van der Waals surface area contributed by atoms with Crippen molar-refractivity contribution in [2.24, 2.45) is 0 Å². The molecule has 6 nitrogen and oxygen atoms in total. The first-order valence-electron chi connectivity index (χ1n) is 5.84. The van der Waals surface area contributed by atoms with Gasteiger partial charge in [0.05, 0.1) is 11.0 Å². The minimum Gasteiger partial charge on any atom is -0.258 e. The molecule has 0 aliphatic rings. The number of nitrogens with zero attached hydrogens (tertiary/aromatic N) is 1. The van der Waals surface area contributed by atoms with Gasteiger partial charge in [0.25, 0.3) is 0 Å². The molecule has 21 heavy (non-hydrogen) atoms. The molecule has 0 aliphatic carbocycles. The summed E-state index contributed by atoms with van der Waals surface area (Å²) < 4.78 is 52.8. The zero-order chi connectivity index (χ0) is 16.2. The maximum Gasteiger partial charge on any atom is 0.306 e. The summed E-state index contributed by atoms with van der Waals surface area (Å²) in [4.78, 5) is 8.43. The molecule has 1 unspecified atom stereocenters. The smallest absolute Gasteiger partial charge is 0.258 e. The van der Waals surface area contributed by atoms with E-state index in [1.165, 1.54) is 0 Å². The summed E-state index contributed by atoms with van der Waals surface area (Å²) in [6.07, 6.45) is 6.02. The SMILES string of the molecule is C#CC(CCC)NS(=O)(=O)c1cc([N+](=O)[O-])c(F)cc1F. The molecule has 0 aliphatic heterocycles. The number of halogens is 2. The third kappa shape index (κ3) is 3.96. The average molecular weight is 318 g/mol. The molecule has 0 aromatic heterocycles. The van der Waals surface area contributed by atoms with Crippen LogP contribution in [0.5, 0.6) is 0 Å². The van der Waals surface area contributed by atoms with Gasteiger partial charge in [-0.15, -0.1) is 6.42 Å². The molecule has 0 saturated heterocycles. The van der Waals surface area contributed by atoms with Crippen molar-refractivity contribution in [1.29, 1.82) is 0 Å². The molecule has 1 N–H and O–H groups in total. The van der Waals surface area contributed by atoms with Crippen molar-refractivity contribution in [3.63, 3.8) is 0 Å². The van der Waals surface area contributed by atoms with E-state index >= 15 is 0 Å². The highest BCUT2D eigenvalue weighted by atomic mass is 32.2. The molecule has 0 radical (unpaired) electrons. The zero-order valence-electron chi connectivity index (χ0n) is 11.0. The summed E-state index contributed by atoms with van der Waals surface area (Å²) in [7, 11) is -4.44. The molecule has 0 bridgehead atoms. The predicted octanol–water partition coefficient (Wildman–Crippen LogP) is 1.95. The molecule has 0 heterocycles. The zero-order valence-corrected chi connectivity index (χ0v) is 11.8. The molecular formula is C12H12F2N2O4S. The van der Waals surface area contributed by atoms with Crippen molar-refractivity contribution in [2.45, 2.75) is 30.7 Å². The van der Waals surface area contributed by atoms with E-state index in [-0.39, 0.29) is 6.07 Å². The Morgan fingerprint density at radius 1 is 1.43 bits per heavy atom. The lowest BCUT2D eigenvalue weighted by atomic mass is 10.2. The molecule has 0 spiro atoms. The lowest BCUT2D eigenvalue weighted by Crippen LogP contribution is -2.34. The van der Waals surface area contributed by atoms with E-state index in [4.69, 9.17) is 6.42 Å². The van der Waals surface area contributed by atoms with Crippen molar-refractivity contribution in [3.05, 3.63) is 33.9 Å². The van der Waals surface area contributed by atoms with Crippen LogP contribution in [0.1, 0.15) is 19.8 Å². The second-order valence-electron chi connectivity index (χ2n) is 4.12. The van der Waals surface area contributed by atoms with Crippen LogP contribution in [-0.4, -0.2) is 19.4 Å². The van der Waals surface area contributed by atoms with E-state index in [1.807, 2.05) is 4.72 Å². The van der Waals surface area contributed by atoms with E-state index in [0.29, 0.717) is 18.9 Å². The number of hydrogen-bond acceptors (Lipinski definition) is 4. The molecule has 0 saturated carbocycles. The molecule has 1 aromatic carbocycles. The van der Waals surface area contributed by atoms with Gasteiger partial charge in [0, 0.05) is 12.1 Å². The van der Waals surface area contributed by atoms with E-state index < -0.39 is 43.2 Å². The van der Waals surface area contributed by atoms with Gasteiger partial charge in [-0.1, -0.05) is 19.3 Å². The molecule has 114 valence electrons. The van der Waals surface area contributed by atoms with Gasteiger partial charge in [-0.05, 0) is 6.42 Å². The van der Waals surface area contributed by atoms with Gasteiger partial charge in [-0.2, -0.15) is 9.11 Å². The van der Waals surface area contributed by atoms with Gasteiger partial charge in [-0.3, -0.25) is 10.1 Å². The van der Waals surface area contributed by atoms with Crippen LogP contribution in [-0.2, 0) is 10.0 Å². The van der Waals surface area contributed by atoms with E-state index in [9.17, 15) is 27.3 Å². The summed E-state index contributed by atoms with van der Waals surface area (Å²) >= 11 is 0. The highest BCUT2D eigenvalue weighted by Crippen LogP contribution is 2.25. The first-order valence-corrected chi connectivity index (χ1v) is 7.33. The standard InChI is InChI=1S/C12H12F2N2O4S/c1-3-5-8(4-2)15-21(19,20)12-7-11(16(17)18)9(13)6-10(12)14/h2,6-8,15H,3,5H2,1H3. The fourth-order valence-corrected chi connectivity index (χ4v) is 2.85. The lowest BCUT2D eigenvalue weighted by Gasteiger charge is -2.13. The molecular weight excluding hydrogens is 306 g/mol. The summed E-state index contributed by atoms with van der Waals surface area (Å²) in [6.45, 7) is 1.77. The first kappa shape index (κ1) is 17.0. The summed E-state index contributed by atoms with van der Waals surface area (Å²) in [5.74, 6) is -0.716. The molecule has 1 atom stereocenters. The fourth-order valence-electron chi connectivity index (χ4n) is 1.58. The number of terminal acetylenes is 1. The Morgan fingerprint density at radius 3 is 2.52 bits per heavy atom. The predicted molar refractivity (Wildman–Crippen MR) is 70.9 cm³/mol. The fraction of sp³-hybridized carbons (Fsp3) is 0.333. The summed E-state index contributed by atoms with van der Waals surface area (Å²) in [6, 6.07) is -0.410. The van der Waals surface area contributed by atoms with Gasteiger partial charge >= 0.3 is 5.69 Å². The van der Waals surface area contributed by atoms with Crippen molar-refractivity contribution >= 4 is 15.7 Å². The van der Waals surface area contributed by atoms with Crippen LogP contribution in [0.15, 0.2) is 17.0 Å². The number of sulfonamides is 1. The molecule has 1 rings (SSSR count). The van der Waals surface area contributed by atoms with E-state index in [1.54, 1.807) is 6.92 Å². The first-order chi connectivity index (χ1) is 9.72. The second kappa shape index (κ2) is 6.60. The van der Waals surface area contributed by atoms with Crippen molar-refractivity contribution in [2.75, 3.05) is 0 Å². The lowest BCUT2D eigenvalue weighted by molar-refractivity contribution is -0.387. The molecule has 0 amide bonds. The Kier molecular flexibility index (Phi) is 5.34. The highest BCUT2D eigenvalue weighted by Gasteiger charge is 2.27. The summed E-state index contributed by atoms with van der Waals surface area (Å²) in [5, 5.41) is 10.6. The molecule has 9 heteroatoms. The Balaban J connectivity index is 3.29. The Labute approximate surface area is 120 Å². The number of nitro groups is 1. The van der Waals surface area contributed by atoms with Crippen molar-refractivity contribution in [1.82, 2.24) is 4.72 Å². The molecule has 1 aromatic rings. The maximum absolute atomic E-state index is 13.6. The maximum atomic E-state index is 13.6. The third-order valence-corrected chi connectivity index (χ3v) is 4.05.